The Morgan fingerprint density at radius 1 is 1.12 bits per heavy atom. The Balaban J connectivity index is 2.28. The molecule has 26 heavy (non-hydrogen) atoms. The summed E-state index contributed by atoms with van der Waals surface area (Å²) in [6.07, 6.45) is -1.14. The van der Waals surface area contributed by atoms with Gasteiger partial charge in [0.05, 0.1) is 23.7 Å². The number of rotatable bonds is 4. The van der Waals surface area contributed by atoms with Crippen molar-refractivity contribution in [1.29, 1.82) is 0 Å². The van der Waals surface area contributed by atoms with Gasteiger partial charge in [-0.3, -0.25) is 4.79 Å². The second kappa shape index (κ2) is 6.39. The molecule has 0 aliphatic carbocycles. The minimum atomic E-state index is -1.35. The molecule has 3 aromatic rings. The molecule has 0 bridgehead atoms. The minimum absolute atomic E-state index is 0.00324. The van der Waals surface area contributed by atoms with E-state index in [0.717, 1.165) is 5.56 Å². The van der Waals surface area contributed by atoms with Crippen LogP contribution in [0.15, 0.2) is 33.5 Å². The average Bonchev–Trinajstić information content (AvgIpc) is 2.55. The van der Waals surface area contributed by atoms with Crippen molar-refractivity contribution in [2.75, 3.05) is 0 Å². The molecule has 0 aliphatic rings. The van der Waals surface area contributed by atoms with Gasteiger partial charge in [-0.2, -0.15) is 0 Å². The molecule has 6 nitrogen and oxygen atoms in total. The van der Waals surface area contributed by atoms with Gasteiger partial charge < -0.3 is 24.8 Å². The van der Waals surface area contributed by atoms with Gasteiger partial charge in [-0.05, 0) is 49.6 Å². The van der Waals surface area contributed by atoms with Crippen LogP contribution in [-0.2, 0) is 13.0 Å². The van der Waals surface area contributed by atoms with Gasteiger partial charge in [0, 0.05) is 6.42 Å². The number of hydrogen-bond acceptors (Lipinski definition) is 6. The molecule has 0 saturated heterocycles. The number of benzene rings is 2. The van der Waals surface area contributed by atoms with Gasteiger partial charge in [0.2, 0.25) is 5.43 Å². The van der Waals surface area contributed by atoms with Crippen LogP contribution < -0.4 is 5.43 Å². The molecule has 6 heteroatoms. The Kier molecular flexibility index (Phi) is 4.52. The fourth-order valence-corrected chi connectivity index (χ4v) is 3.08. The first-order chi connectivity index (χ1) is 12.1. The molecular weight excluding hydrogens is 336 g/mol. The molecule has 0 amide bonds. The van der Waals surface area contributed by atoms with Gasteiger partial charge in [-0.1, -0.05) is 12.1 Å². The van der Waals surface area contributed by atoms with E-state index in [4.69, 9.17) is 4.42 Å². The van der Waals surface area contributed by atoms with Crippen LogP contribution in [0.3, 0.4) is 0 Å². The van der Waals surface area contributed by atoms with Crippen LogP contribution in [0.4, 0.5) is 0 Å². The van der Waals surface area contributed by atoms with E-state index < -0.39 is 17.1 Å². The summed E-state index contributed by atoms with van der Waals surface area (Å²) in [5.74, 6) is -0.286. The molecule has 0 spiro atoms. The zero-order chi connectivity index (χ0) is 19.2. The highest BCUT2D eigenvalue weighted by atomic mass is 16.3. The third-order valence-electron chi connectivity index (χ3n) is 4.62. The van der Waals surface area contributed by atoms with Crippen molar-refractivity contribution < 1.29 is 24.8 Å². The van der Waals surface area contributed by atoms with Crippen molar-refractivity contribution >= 4 is 21.9 Å². The van der Waals surface area contributed by atoms with Crippen LogP contribution in [0, 0.1) is 6.92 Å². The fraction of sp³-hybridized carbons (Fsp3) is 0.350. The fourth-order valence-electron chi connectivity index (χ4n) is 3.08. The first-order valence-electron chi connectivity index (χ1n) is 8.35. The summed E-state index contributed by atoms with van der Waals surface area (Å²) in [5, 5.41) is 40.4. The number of fused-ring (bicyclic) bond motifs is 2. The summed E-state index contributed by atoms with van der Waals surface area (Å²) < 4.78 is 5.78. The predicted molar refractivity (Wildman–Crippen MR) is 98.3 cm³/mol. The Labute approximate surface area is 149 Å². The maximum atomic E-state index is 13.0. The van der Waals surface area contributed by atoms with Crippen LogP contribution in [0.1, 0.15) is 30.5 Å². The molecule has 2 aromatic carbocycles. The maximum Gasteiger partial charge on any atom is 0.204 e. The Morgan fingerprint density at radius 3 is 2.42 bits per heavy atom. The van der Waals surface area contributed by atoms with E-state index in [1.807, 2.05) is 6.92 Å². The summed E-state index contributed by atoms with van der Waals surface area (Å²) in [5.41, 5.74) is 0.372. The molecule has 0 aliphatic heterocycles. The largest absolute Gasteiger partial charge is 0.507 e. The molecule has 1 heterocycles. The van der Waals surface area contributed by atoms with Crippen LogP contribution in [-0.4, -0.2) is 32.1 Å². The molecule has 4 N–H and O–H groups in total. The first kappa shape index (κ1) is 18.4. The zero-order valence-corrected chi connectivity index (χ0v) is 14.9. The van der Waals surface area contributed by atoms with E-state index >= 15 is 0 Å². The average molecular weight is 358 g/mol. The lowest BCUT2D eigenvalue weighted by Gasteiger charge is -2.24. The quantitative estimate of drug-likeness (QED) is 0.532. The van der Waals surface area contributed by atoms with Gasteiger partial charge in [0.25, 0.3) is 0 Å². The van der Waals surface area contributed by atoms with Crippen molar-refractivity contribution in [2.24, 2.45) is 0 Å². The summed E-state index contributed by atoms with van der Waals surface area (Å²) >= 11 is 0. The first-order valence-corrected chi connectivity index (χ1v) is 8.35. The summed E-state index contributed by atoms with van der Waals surface area (Å²) in [4.78, 5) is 13.0. The number of phenolic OH excluding ortho intramolecular Hbond substituents is 1. The lowest BCUT2D eigenvalue weighted by Crippen LogP contribution is -2.37. The topological polar surface area (TPSA) is 111 Å². The molecule has 138 valence electrons. The molecule has 0 fully saturated rings. The van der Waals surface area contributed by atoms with Crippen LogP contribution in [0.2, 0.25) is 0 Å². The second-order valence-electron chi connectivity index (χ2n) is 7.21. The van der Waals surface area contributed by atoms with Gasteiger partial charge in [0.15, 0.2) is 0 Å². The highest BCUT2D eigenvalue weighted by molar-refractivity contribution is 5.95. The maximum absolute atomic E-state index is 13.0. The SMILES string of the molecule is Cc1cc(CO)c2c(=O)c3c(O)c(CC(O)C(C)(C)O)ccc3oc2c1. The standard InChI is InChI=1S/C20H22O6/c1-10-6-12(9-21)16-14(7-10)26-13-5-4-11(8-15(22)20(2,3)25)18(23)17(13)19(16)24/h4-7,15,21-23,25H,8-9H2,1-3H3. The second-order valence-corrected chi connectivity index (χ2v) is 7.21. The van der Waals surface area contributed by atoms with Gasteiger partial charge in [-0.25, -0.2) is 0 Å². The summed E-state index contributed by atoms with van der Waals surface area (Å²) in [6, 6.07) is 6.52. The van der Waals surface area contributed by atoms with Gasteiger partial charge in [-0.15, -0.1) is 0 Å². The molecule has 0 saturated carbocycles. The van der Waals surface area contributed by atoms with Crippen molar-refractivity contribution in [3.05, 3.63) is 51.2 Å². The van der Waals surface area contributed by atoms with Crippen molar-refractivity contribution in [3.63, 3.8) is 0 Å². The minimum Gasteiger partial charge on any atom is -0.507 e. The molecule has 1 atom stereocenters. The van der Waals surface area contributed by atoms with E-state index in [1.165, 1.54) is 13.8 Å². The van der Waals surface area contributed by atoms with Crippen LogP contribution in [0.5, 0.6) is 5.75 Å². The highest BCUT2D eigenvalue weighted by Crippen LogP contribution is 2.32. The summed E-state index contributed by atoms with van der Waals surface area (Å²) in [6.45, 7) is 4.44. The number of aryl methyl sites for hydroxylation is 1. The number of aliphatic hydroxyl groups is 3. The van der Waals surface area contributed by atoms with Crippen LogP contribution in [0.25, 0.3) is 21.9 Å². The molecular formula is C20H22O6. The monoisotopic (exact) mass is 358 g/mol. The lowest BCUT2D eigenvalue weighted by atomic mass is 9.93. The Morgan fingerprint density at radius 2 is 1.81 bits per heavy atom. The van der Waals surface area contributed by atoms with E-state index in [2.05, 4.69) is 0 Å². The highest BCUT2D eigenvalue weighted by Gasteiger charge is 2.26. The molecule has 1 unspecified atom stereocenters. The third-order valence-corrected chi connectivity index (χ3v) is 4.62. The number of hydrogen-bond donors (Lipinski definition) is 4. The summed E-state index contributed by atoms with van der Waals surface area (Å²) in [7, 11) is 0. The smallest absolute Gasteiger partial charge is 0.204 e. The lowest BCUT2D eigenvalue weighted by molar-refractivity contribution is -0.0471. The van der Waals surface area contributed by atoms with Gasteiger partial charge >= 0.3 is 0 Å². The zero-order valence-electron chi connectivity index (χ0n) is 14.9. The van der Waals surface area contributed by atoms with Gasteiger partial charge in [0.1, 0.15) is 22.3 Å². The normalized spacial score (nSPS) is 13.5. The van der Waals surface area contributed by atoms with E-state index in [1.54, 1.807) is 24.3 Å². The Bertz CT molecular complexity index is 1040. The van der Waals surface area contributed by atoms with Crippen molar-refractivity contribution in [3.8, 4) is 5.75 Å². The van der Waals surface area contributed by atoms with E-state index in [0.29, 0.717) is 16.7 Å². The third kappa shape index (κ3) is 3.07. The van der Waals surface area contributed by atoms with Crippen molar-refractivity contribution in [1.82, 2.24) is 0 Å². The van der Waals surface area contributed by atoms with E-state index in [9.17, 15) is 25.2 Å². The number of aromatic hydroxyl groups is 1. The van der Waals surface area contributed by atoms with E-state index in [-0.39, 0.29) is 35.1 Å². The molecule has 3 rings (SSSR count). The number of phenols is 1. The molecule has 0 radical (unpaired) electrons. The van der Waals surface area contributed by atoms with Crippen molar-refractivity contribution in [2.45, 2.75) is 45.5 Å². The van der Waals surface area contributed by atoms with Crippen LogP contribution >= 0.6 is 0 Å². The predicted octanol–water partition coefficient (Wildman–Crippen LogP) is 2.13. The Hall–Kier alpha value is -2.41. The number of aliphatic hydroxyl groups excluding tert-OH is 2. The molecule has 1 aromatic heterocycles.